The highest BCUT2D eigenvalue weighted by molar-refractivity contribution is 5.98. The second-order valence-electron chi connectivity index (χ2n) is 11.3. The zero-order chi connectivity index (χ0) is 33.1. The van der Waals surface area contributed by atoms with Gasteiger partial charge in [0.15, 0.2) is 5.78 Å². The van der Waals surface area contributed by atoms with Crippen LogP contribution in [0.25, 0.3) is 11.1 Å². The molecule has 3 rings (SSSR count). The number of Topliss-reactive ketones (excluding diaryl/α,β-unsaturated/α-hetero) is 1. The number of rotatable bonds is 22. The Labute approximate surface area is 271 Å². The monoisotopic (exact) mass is 639 g/mol. The van der Waals surface area contributed by atoms with Crippen LogP contribution in [0.2, 0.25) is 0 Å². The average molecular weight is 640 g/mol. The van der Waals surface area contributed by atoms with Crippen LogP contribution in [0.3, 0.4) is 0 Å². The molecule has 2 aromatic rings. The fourth-order valence-electron chi connectivity index (χ4n) is 5.25. The molecule has 4 N–H and O–H groups in total. The summed E-state index contributed by atoms with van der Waals surface area (Å²) < 4.78 is 16.4. The molecule has 1 aliphatic rings. The van der Waals surface area contributed by atoms with Gasteiger partial charge in [-0.25, -0.2) is 4.79 Å². The standard InChI is InChI=1S/C35H49N3O8/c1-3-4-18-45-21-16-37-33(41)10-7-11-34(42)38-26-13-15-28-27-14-12-25(32(40)9-8-20-44-19-6-5-17-39)22-29(27)31(30(28)23-26)24-46-35(43)36-2/h12-15,22-23,31,39H,3-11,16-21,24H2,1-2H3,(H,36,43)(H,37,41)(H,38,42). The minimum Gasteiger partial charge on any atom is -0.449 e. The van der Waals surface area contributed by atoms with Crippen molar-refractivity contribution in [1.82, 2.24) is 10.6 Å². The fourth-order valence-corrected chi connectivity index (χ4v) is 5.25. The summed E-state index contributed by atoms with van der Waals surface area (Å²) in [7, 11) is 1.49. The number of benzene rings is 2. The van der Waals surface area contributed by atoms with Crippen molar-refractivity contribution < 1.29 is 38.5 Å². The molecule has 252 valence electrons. The van der Waals surface area contributed by atoms with Crippen LogP contribution >= 0.6 is 0 Å². The van der Waals surface area contributed by atoms with Crippen molar-refractivity contribution in [2.24, 2.45) is 0 Å². The summed E-state index contributed by atoms with van der Waals surface area (Å²) in [6.07, 6.45) is 4.79. The molecule has 0 bridgehead atoms. The van der Waals surface area contributed by atoms with Crippen molar-refractivity contribution in [3.63, 3.8) is 0 Å². The van der Waals surface area contributed by atoms with Gasteiger partial charge in [0.2, 0.25) is 11.8 Å². The Bertz CT molecular complexity index is 1300. The van der Waals surface area contributed by atoms with Crippen molar-refractivity contribution in [1.29, 1.82) is 0 Å². The average Bonchev–Trinajstić information content (AvgIpc) is 3.36. The molecule has 1 unspecified atom stereocenters. The zero-order valence-electron chi connectivity index (χ0n) is 27.2. The summed E-state index contributed by atoms with van der Waals surface area (Å²) in [5.74, 6) is -0.627. The third-order valence-electron chi connectivity index (χ3n) is 7.74. The van der Waals surface area contributed by atoms with E-state index in [1.807, 2.05) is 36.4 Å². The number of hydrogen-bond donors (Lipinski definition) is 4. The van der Waals surface area contributed by atoms with Gasteiger partial charge >= 0.3 is 6.09 Å². The lowest BCUT2D eigenvalue weighted by Crippen LogP contribution is -2.27. The Kier molecular flexibility index (Phi) is 16.2. The van der Waals surface area contributed by atoms with E-state index in [0.29, 0.717) is 69.9 Å². The van der Waals surface area contributed by atoms with Gasteiger partial charge in [-0.3, -0.25) is 14.4 Å². The minimum absolute atomic E-state index is 0.00521. The number of aliphatic hydroxyl groups excluding tert-OH is 1. The number of amides is 3. The van der Waals surface area contributed by atoms with E-state index >= 15 is 0 Å². The maximum absolute atomic E-state index is 13.0. The molecule has 1 atom stereocenters. The quantitative estimate of drug-likeness (QED) is 0.104. The van der Waals surface area contributed by atoms with Gasteiger partial charge in [-0.05, 0) is 72.6 Å². The van der Waals surface area contributed by atoms with Gasteiger partial charge in [0, 0.05) is 76.5 Å². The highest BCUT2D eigenvalue weighted by atomic mass is 16.5. The normalized spacial score (nSPS) is 13.1. The molecule has 46 heavy (non-hydrogen) atoms. The molecule has 11 nitrogen and oxygen atoms in total. The van der Waals surface area contributed by atoms with Gasteiger partial charge in [-0.1, -0.05) is 31.5 Å². The van der Waals surface area contributed by atoms with Crippen molar-refractivity contribution in [2.75, 3.05) is 58.6 Å². The fraction of sp³-hybridized carbons (Fsp3) is 0.543. The predicted molar refractivity (Wildman–Crippen MR) is 176 cm³/mol. The highest BCUT2D eigenvalue weighted by Crippen LogP contribution is 2.46. The molecule has 0 radical (unpaired) electrons. The molecule has 0 fully saturated rings. The number of hydrogen-bond acceptors (Lipinski definition) is 8. The second kappa shape index (κ2) is 20.3. The molecule has 11 heteroatoms. The lowest BCUT2D eigenvalue weighted by atomic mass is 9.94. The van der Waals surface area contributed by atoms with E-state index in [1.165, 1.54) is 7.05 Å². The summed E-state index contributed by atoms with van der Waals surface area (Å²) in [5.41, 5.74) is 4.85. The highest BCUT2D eigenvalue weighted by Gasteiger charge is 2.31. The van der Waals surface area contributed by atoms with E-state index in [1.54, 1.807) is 0 Å². The summed E-state index contributed by atoms with van der Waals surface area (Å²) in [5, 5.41) is 17.1. The molecule has 0 saturated carbocycles. The minimum atomic E-state index is -0.557. The van der Waals surface area contributed by atoms with Crippen molar-refractivity contribution in [3.05, 3.63) is 53.1 Å². The number of carbonyl (C=O) groups is 4. The molecule has 0 aliphatic heterocycles. The number of ether oxygens (including phenoxy) is 3. The van der Waals surface area contributed by atoms with Crippen LogP contribution in [0.4, 0.5) is 10.5 Å². The van der Waals surface area contributed by atoms with Gasteiger partial charge in [0.25, 0.3) is 0 Å². The predicted octanol–water partition coefficient (Wildman–Crippen LogP) is 4.95. The summed E-state index contributed by atoms with van der Waals surface area (Å²) >= 11 is 0. The van der Waals surface area contributed by atoms with Crippen LogP contribution in [0.1, 0.15) is 92.1 Å². The summed E-state index contributed by atoms with van der Waals surface area (Å²) in [4.78, 5) is 49.8. The van der Waals surface area contributed by atoms with E-state index in [2.05, 4.69) is 22.9 Å². The second-order valence-corrected chi connectivity index (χ2v) is 11.3. The molecular formula is C35H49N3O8. The van der Waals surface area contributed by atoms with E-state index in [-0.39, 0.29) is 49.6 Å². The first-order valence-corrected chi connectivity index (χ1v) is 16.4. The summed E-state index contributed by atoms with van der Waals surface area (Å²) in [6, 6.07) is 11.3. The van der Waals surface area contributed by atoms with E-state index < -0.39 is 6.09 Å². The van der Waals surface area contributed by atoms with Gasteiger partial charge < -0.3 is 35.3 Å². The molecule has 0 heterocycles. The molecule has 2 aromatic carbocycles. The first-order valence-electron chi connectivity index (χ1n) is 16.4. The van der Waals surface area contributed by atoms with Crippen molar-refractivity contribution >= 4 is 29.4 Å². The first-order chi connectivity index (χ1) is 22.4. The Hall–Kier alpha value is -3.80. The molecule has 1 aliphatic carbocycles. The lowest BCUT2D eigenvalue weighted by molar-refractivity contribution is -0.121. The van der Waals surface area contributed by atoms with Gasteiger partial charge in [-0.15, -0.1) is 0 Å². The third-order valence-corrected chi connectivity index (χ3v) is 7.74. The van der Waals surface area contributed by atoms with Gasteiger partial charge in [0.1, 0.15) is 6.61 Å². The van der Waals surface area contributed by atoms with Gasteiger partial charge in [0.05, 0.1) is 6.61 Å². The smallest absolute Gasteiger partial charge is 0.406 e. The van der Waals surface area contributed by atoms with E-state index in [4.69, 9.17) is 19.3 Å². The zero-order valence-corrected chi connectivity index (χ0v) is 27.2. The van der Waals surface area contributed by atoms with Crippen molar-refractivity contribution in [2.45, 2.75) is 70.6 Å². The number of carbonyl (C=O) groups excluding carboxylic acids is 4. The Morgan fingerprint density at radius 1 is 0.783 bits per heavy atom. The van der Waals surface area contributed by atoms with E-state index in [0.717, 1.165) is 41.5 Å². The SMILES string of the molecule is CCCCOCCNC(=O)CCCC(=O)Nc1ccc2c(c1)C(COC(=O)NC)c1cc(C(=O)CCCOCCCCO)ccc1-2. The Morgan fingerprint density at radius 3 is 2.24 bits per heavy atom. The largest absolute Gasteiger partial charge is 0.449 e. The molecule has 0 aromatic heterocycles. The number of fused-ring (bicyclic) bond motifs is 3. The first kappa shape index (κ1) is 36.7. The lowest BCUT2D eigenvalue weighted by Gasteiger charge is -2.15. The number of nitrogens with one attached hydrogen (secondary N) is 3. The number of aliphatic hydroxyl groups is 1. The number of ketones is 1. The Morgan fingerprint density at radius 2 is 1.48 bits per heavy atom. The third kappa shape index (κ3) is 11.9. The van der Waals surface area contributed by atoms with Crippen LogP contribution in [0, 0.1) is 0 Å². The number of alkyl carbamates (subject to hydrolysis) is 1. The van der Waals surface area contributed by atoms with Crippen LogP contribution in [-0.4, -0.2) is 82.0 Å². The molecule has 3 amide bonds. The Balaban J connectivity index is 1.59. The van der Waals surface area contributed by atoms with E-state index in [9.17, 15) is 19.2 Å². The maximum atomic E-state index is 13.0. The van der Waals surface area contributed by atoms with Crippen LogP contribution in [0.5, 0.6) is 0 Å². The van der Waals surface area contributed by atoms with Gasteiger partial charge in [-0.2, -0.15) is 0 Å². The molecular weight excluding hydrogens is 590 g/mol. The number of unbranched alkanes of at least 4 members (excludes halogenated alkanes) is 2. The molecule has 0 saturated heterocycles. The van der Waals surface area contributed by atoms with Crippen LogP contribution in [-0.2, 0) is 23.8 Å². The molecule has 0 spiro atoms. The topological polar surface area (TPSA) is 152 Å². The summed E-state index contributed by atoms with van der Waals surface area (Å²) in [6.45, 7) is 4.96. The van der Waals surface area contributed by atoms with Crippen LogP contribution in [0.15, 0.2) is 36.4 Å². The van der Waals surface area contributed by atoms with Crippen LogP contribution < -0.4 is 16.0 Å². The van der Waals surface area contributed by atoms with Crippen molar-refractivity contribution in [3.8, 4) is 11.1 Å². The maximum Gasteiger partial charge on any atom is 0.406 e. The number of anilines is 1.